The number of sulfonamides is 1. The summed E-state index contributed by atoms with van der Waals surface area (Å²) in [6.45, 7) is 10.6. The van der Waals surface area contributed by atoms with Crippen molar-refractivity contribution in [3.8, 4) is 0 Å². The van der Waals surface area contributed by atoms with Crippen molar-refractivity contribution in [1.82, 2.24) is 10.0 Å². The molecule has 0 aliphatic heterocycles. The van der Waals surface area contributed by atoms with E-state index in [9.17, 15) is 18.0 Å². The van der Waals surface area contributed by atoms with Gasteiger partial charge in [-0.3, -0.25) is 4.99 Å². The van der Waals surface area contributed by atoms with Gasteiger partial charge in [0.25, 0.3) is 10.0 Å². The number of hydrogen-bond acceptors (Lipinski definition) is 7. The summed E-state index contributed by atoms with van der Waals surface area (Å²) in [6, 6.07) is 2.62. The first kappa shape index (κ1) is 27.2. The Hall–Kier alpha value is -2.82. The average Bonchev–Trinajstić information content (AvgIpc) is 2.60. The van der Waals surface area contributed by atoms with Gasteiger partial charge in [-0.15, -0.1) is 0 Å². The lowest BCUT2D eigenvalue weighted by atomic mass is 10.1. The van der Waals surface area contributed by atoms with Gasteiger partial charge in [-0.2, -0.15) is 0 Å². The molecule has 0 radical (unpaired) electrons. The van der Waals surface area contributed by atoms with Gasteiger partial charge in [-0.1, -0.05) is 17.7 Å². The van der Waals surface area contributed by atoms with Crippen LogP contribution in [0.15, 0.2) is 22.0 Å². The predicted octanol–water partition coefficient (Wildman–Crippen LogP) is 2.05. The Morgan fingerprint density at radius 1 is 1.16 bits per heavy atom. The summed E-state index contributed by atoms with van der Waals surface area (Å²) < 4.78 is 37.5. The summed E-state index contributed by atoms with van der Waals surface area (Å²) >= 11 is 0. The molecule has 10 nitrogen and oxygen atoms in total. The van der Waals surface area contributed by atoms with Crippen LogP contribution in [0.25, 0.3) is 0 Å². The van der Waals surface area contributed by atoms with Gasteiger partial charge in [0.15, 0.2) is 0 Å². The van der Waals surface area contributed by atoms with Crippen LogP contribution < -0.4 is 15.8 Å². The van der Waals surface area contributed by atoms with Gasteiger partial charge in [0, 0.05) is 6.54 Å². The van der Waals surface area contributed by atoms with Crippen LogP contribution in [0.2, 0.25) is 0 Å². The number of carbonyl (C=O) groups is 2. The molecule has 11 heteroatoms. The number of hydrogen-bond donors (Lipinski definition) is 3. The summed E-state index contributed by atoms with van der Waals surface area (Å²) in [7, 11) is -2.68. The van der Waals surface area contributed by atoms with E-state index in [2.05, 4.69) is 15.0 Å². The number of carbonyl (C=O) groups excluding carboxylic acids is 2. The number of aliphatic imine (C=N–C) groups is 1. The summed E-state index contributed by atoms with van der Waals surface area (Å²) in [6.07, 6.45) is -0.209. The van der Waals surface area contributed by atoms with Crippen LogP contribution in [-0.4, -0.2) is 51.7 Å². The zero-order chi connectivity index (χ0) is 24.7. The molecule has 0 bridgehead atoms. The number of rotatable bonds is 8. The molecular formula is C21H34N4O6S. The van der Waals surface area contributed by atoms with Crippen LogP contribution in [-0.2, 0) is 24.3 Å². The number of nitrogens with zero attached hydrogens (tertiary/aromatic N) is 1. The molecule has 0 spiro atoms. The molecule has 1 aromatic rings. The maximum absolute atomic E-state index is 12.7. The second-order valence-electron chi connectivity index (χ2n) is 8.46. The van der Waals surface area contributed by atoms with E-state index >= 15 is 0 Å². The molecule has 0 heterocycles. The Bertz CT molecular complexity index is 944. The van der Waals surface area contributed by atoms with Crippen molar-refractivity contribution >= 4 is 28.0 Å². The molecule has 0 aromatic heterocycles. The van der Waals surface area contributed by atoms with Crippen LogP contribution in [0.1, 0.15) is 50.3 Å². The summed E-state index contributed by atoms with van der Waals surface area (Å²) in [5.74, 6) is -0.891. The molecule has 0 aliphatic rings. The SMILES string of the molecule is COC(=O)[C@H](CCCN=C(N)NS(=O)(=O)c1c(C)cc(C)cc1C)NC(=O)OC(C)(C)C. The summed E-state index contributed by atoms with van der Waals surface area (Å²) in [5, 5.41) is 2.46. The third-order valence-corrected chi connectivity index (χ3v) is 5.88. The summed E-state index contributed by atoms with van der Waals surface area (Å²) in [5.41, 5.74) is 7.22. The number of nitrogens with one attached hydrogen (secondary N) is 2. The van der Waals surface area contributed by atoms with Crippen molar-refractivity contribution in [3.63, 3.8) is 0 Å². The number of guanidine groups is 1. The van der Waals surface area contributed by atoms with Gasteiger partial charge in [0.05, 0.1) is 12.0 Å². The topological polar surface area (TPSA) is 149 Å². The number of benzene rings is 1. The average molecular weight is 471 g/mol. The van der Waals surface area contributed by atoms with Gasteiger partial charge in [-0.25, -0.2) is 22.7 Å². The lowest BCUT2D eigenvalue weighted by molar-refractivity contribution is -0.143. The highest BCUT2D eigenvalue weighted by Crippen LogP contribution is 2.21. The first-order valence-electron chi connectivity index (χ1n) is 10.1. The van der Waals surface area contributed by atoms with Crippen molar-refractivity contribution in [3.05, 3.63) is 28.8 Å². The van der Waals surface area contributed by atoms with E-state index in [4.69, 9.17) is 15.2 Å². The highest BCUT2D eigenvalue weighted by Gasteiger charge is 2.25. The van der Waals surface area contributed by atoms with Gasteiger partial charge < -0.3 is 20.5 Å². The number of amides is 1. The van der Waals surface area contributed by atoms with Crippen LogP contribution in [0.4, 0.5) is 4.79 Å². The Labute approximate surface area is 190 Å². The maximum atomic E-state index is 12.7. The van der Waals surface area contributed by atoms with E-state index in [1.54, 1.807) is 46.8 Å². The molecule has 0 unspecified atom stereocenters. The molecule has 1 amide bonds. The Morgan fingerprint density at radius 3 is 2.22 bits per heavy atom. The zero-order valence-corrected chi connectivity index (χ0v) is 20.6. The van der Waals surface area contributed by atoms with Gasteiger partial charge in [-0.05, 0) is 65.5 Å². The van der Waals surface area contributed by atoms with Crippen molar-refractivity contribution < 1.29 is 27.5 Å². The molecular weight excluding hydrogens is 436 g/mol. The number of alkyl carbamates (subject to hydrolysis) is 1. The minimum Gasteiger partial charge on any atom is -0.467 e. The van der Waals surface area contributed by atoms with E-state index < -0.39 is 33.7 Å². The fourth-order valence-corrected chi connectivity index (χ4v) is 4.56. The minimum absolute atomic E-state index is 0.129. The second kappa shape index (κ2) is 11.2. The van der Waals surface area contributed by atoms with E-state index in [1.807, 2.05) is 6.92 Å². The van der Waals surface area contributed by atoms with E-state index in [0.29, 0.717) is 17.5 Å². The summed E-state index contributed by atoms with van der Waals surface area (Å²) in [4.78, 5) is 28.0. The normalized spacial score (nSPS) is 13.3. The molecule has 1 rings (SSSR count). The Morgan fingerprint density at radius 2 is 1.72 bits per heavy atom. The predicted molar refractivity (Wildman–Crippen MR) is 122 cm³/mol. The molecule has 0 fully saturated rings. The van der Waals surface area contributed by atoms with Crippen molar-refractivity contribution in [1.29, 1.82) is 0 Å². The molecule has 0 saturated heterocycles. The number of nitrogens with two attached hydrogens (primary N) is 1. The first-order valence-corrected chi connectivity index (χ1v) is 11.6. The van der Waals surface area contributed by atoms with Crippen molar-refractivity contribution in [2.75, 3.05) is 13.7 Å². The molecule has 0 saturated carbocycles. The quantitative estimate of drug-likeness (QED) is 0.228. The molecule has 180 valence electrons. The highest BCUT2D eigenvalue weighted by atomic mass is 32.2. The van der Waals surface area contributed by atoms with Gasteiger partial charge in [0.1, 0.15) is 11.6 Å². The highest BCUT2D eigenvalue weighted by molar-refractivity contribution is 7.90. The maximum Gasteiger partial charge on any atom is 0.408 e. The molecule has 32 heavy (non-hydrogen) atoms. The van der Waals surface area contributed by atoms with Gasteiger partial charge >= 0.3 is 12.1 Å². The number of ether oxygens (including phenoxy) is 2. The Balaban J connectivity index is 2.74. The number of aryl methyl sites for hydroxylation is 3. The Kier molecular flexibility index (Phi) is 9.50. The largest absolute Gasteiger partial charge is 0.467 e. The third kappa shape index (κ3) is 8.74. The standard InChI is InChI=1S/C21H34N4O6S/c1-13-11-14(2)17(15(3)12-13)32(28,29)25-19(22)23-10-8-9-16(18(26)30-7)24-20(27)31-21(4,5)6/h11-12,16H,8-10H2,1-7H3,(H,24,27)(H3,22,23,25)/t16-/m0/s1. The van der Waals surface area contributed by atoms with E-state index in [1.165, 1.54) is 7.11 Å². The molecule has 1 aromatic carbocycles. The molecule has 0 aliphatic carbocycles. The molecule has 1 atom stereocenters. The zero-order valence-electron chi connectivity index (χ0n) is 19.7. The van der Waals surface area contributed by atoms with E-state index in [-0.39, 0.29) is 23.8 Å². The van der Waals surface area contributed by atoms with Crippen LogP contribution in [0.3, 0.4) is 0 Å². The first-order chi connectivity index (χ1) is 14.7. The lowest BCUT2D eigenvalue weighted by Gasteiger charge is -2.22. The monoisotopic (exact) mass is 470 g/mol. The lowest BCUT2D eigenvalue weighted by Crippen LogP contribution is -2.44. The minimum atomic E-state index is -3.90. The fraction of sp³-hybridized carbons (Fsp3) is 0.571. The smallest absolute Gasteiger partial charge is 0.408 e. The van der Waals surface area contributed by atoms with Crippen LogP contribution in [0.5, 0.6) is 0 Å². The van der Waals surface area contributed by atoms with Crippen molar-refractivity contribution in [2.45, 2.75) is 70.9 Å². The number of esters is 1. The van der Waals surface area contributed by atoms with Gasteiger partial charge in [0.2, 0.25) is 5.96 Å². The van der Waals surface area contributed by atoms with Crippen LogP contribution >= 0.6 is 0 Å². The second-order valence-corrected chi connectivity index (χ2v) is 10.1. The van der Waals surface area contributed by atoms with E-state index in [0.717, 1.165) is 5.56 Å². The van der Waals surface area contributed by atoms with Crippen molar-refractivity contribution in [2.24, 2.45) is 10.7 Å². The number of methoxy groups -OCH3 is 1. The van der Waals surface area contributed by atoms with Crippen LogP contribution in [0, 0.1) is 20.8 Å². The third-order valence-electron chi connectivity index (χ3n) is 4.22. The fourth-order valence-electron chi connectivity index (χ4n) is 3.15. The molecule has 4 N–H and O–H groups in total.